The molecule has 0 bridgehead atoms. The number of benzene rings is 1. The molecule has 0 aliphatic heterocycles. The smallest absolute Gasteiger partial charge is 0.335 e. The molecule has 1 aromatic carbocycles. The number of thioether (sulfide) groups is 1. The molecule has 110 valence electrons. The molecule has 1 rings (SSSR count). The fourth-order valence-corrected chi connectivity index (χ4v) is 2.08. The van der Waals surface area contributed by atoms with Gasteiger partial charge in [-0.05, 0) is 42.5 Å². The molecule has 0 fully saturated rings. The summed E-state index contributed by atoms with van der Waals surface area (Å²) in [5.41, 5.74) is 1.11. The Balaban J connectivity index is 2.22. The van der Waals surface area contributed by atoms with Crippen LogP contribution in [0.25, 0.3) is 0 Å². The maximum Gasteiger partial charge on any atom is 0.335 e. The lowest BCUT2D eigenvalue weighted by Crippen LogP contribution is -2.35. The summed E-state index contributed by atoms with van der Waals surface area (Å²) >= 11 is 1.80. The predicted molar refractivity (Wildman–Crippen MR) is 81.3 cm³/mol. The van der Waals surface area contributed by atoms with Crippen LogP contribution in [0, 0.1) is 0 Å². The van der Waals surface area contributed by atoms with E-state index in [1.165, 1.54) is 12.1 Å². The number of rotatable bonds is 8. The Morgan fingerprint density at radius 2 is 1.85 bits per heavy atom. The molecule has 0 aliphatic carbocycles. The van der Waals surface area contributed by atoms with Crippen molar-refractivity contribution in [3.63, 3.8) is 0 Å². The highest BCUT2D eigenvalue weighted by atomic mass is 32.2. The summed E-state index contributed by atoms with van der Waals surface area (Å²) < 4.78 is 0. The van der Waals surface area contributed by atoms with Crippen molar-refractivity contribution in [1.82, 2.24) is 10.6 Å². The van der Waals surface area contributed by atoms with Crippen molar-refractivity contribution in [2.24, 2.45) is 0 Å². The van der Waals surface area contributed by atoms with Crippen LogP contribution in [0.5, 0.6) is 0 Å². The number of nitrogens with one attached hydrogen (secondary N) is 2. The zero-order valence-electron chi connectivity index (χ0n) is 11.5. The van der Waals surface area contributed by atoms with Crippen LogP contribution >= 0.6 is 11.8 Å². The molecule has 0 unspecified atom stereocenters. The van der Waals surface area contributed by atoms with Crippen molar-refractivity contribution in [3.05, 3.63) is 35.4 Å². The van der Waals surface area contributed by atoms with Gasteiger partial charge in [-0.15, -0.1) is 0 Å². The third kappa shape index (κ3) is 6.47. The first-order valence-corrected chi connectivity index (χ1v) is 7.85. The van der Waals surface area contributed by atoms with Crippen LogP contribution in [0.1, 0.15) is 28.8 Å². The van der Waals surface area contributed by atoms with Crippen LogP contribution in [0.2, 0.25) is 0 Å². The molecule has 0 saturated carbocycles. The first-order valence-electron chi connectivity index (χ1n) is 6.46. The van der Waals surface area contributed by atoms with Gasteiger partial charge in [0.1, 0.15) is 0 Å². The second kappa shape index (κ2) is 9.25. The summed E-state index contributed by atoms with van der Waals surface area (Å²) in [5.74, 6) is 0.159. The van der Waals surface area contributed by atoms with Gasteiger partial charge in [-0.3, -0.25) is 0 Å². The van der Waals surface area contributed by atoms with E-state index >= 15 is 0 Å². The summed E-state index contributed by atoms with van der Waals surface area (Å²) in [6, 6.07) is 6.25. The molecule has 0 saturated heterocycles. The number of hydrogen-bond acceptors (Lipinski definition) is 3. The maximum absolute atomic E-state index is 11.5. The molecule has 0 atom stereocenters. The van der Waals surface area contributed by atoms with E-state index < -0.39 is 5.97 Å². The van der Waals surface area contributed by atoms with Crippen molar-refractivity contribution in [2.75, 3.05) is 18.6 Å². The number of carboxylic acid groups (broad SMARTS) is 1. The summed E-state index contributed by atoms with van der Waals surface area (Å²) in [6.45, 7) is 1.06. The van der Waals surface area contributed by atoms with Crippen molar-refractivity contribution < 1.29 is 14.7 Å². The van der Waals surface area contributed by atoms with E-state index in [0.29, 0.717) is 13.1 Å². The van der Waals surface area contributed by atoms with Crippen LogP contribution in [-0.4, -0.2) is 35.7 Å². The second-order valence-corrected chi connectivity index (χ2v) is 5.30. The normalized spacial score (nSPS) is 10.1. The Morgan fingerprint density at radius 1 is 1.15 bits per heavy atom. The minimum Gasteiger partial charge on any atom is -0.478 e. The number of aromatic carboxylic acids is 1. The number of carbonyl (C=O) groups excluding carboxylic acids is 1. The van der Waals surface area contributed by atoms with Gasteiger partial charge in [-0.25, -0.2) is 9.59 Å². The molecule has 0 aliphatic rings. The monoisotopic (exact) mass is 296 g/mol. The molecule has 3 N–H and O–H groups in total. The molecule has 1 aromatic rings. The van der Waals surface area contributed by atoms with Crippen LogP contribution in [0.15, 0.2) is 24.3 Å². The third-order valence-electron chi connectivity index (χ3n) is 2.71. The van der Waals surface area contributed by atoms with Gasteiger partial charge in [0.15, 0.2) is 0 Å². The first-order chi connectivity index (χ1) is 9.63. The fourth-order valence-electron chi connectivity index (χ4n) is 1.58. The Morgan fingerprint density at radius 3 is 2.45 bits per heavy atom. The van der Waals surface area contributed by atoms with E-state index in [0.717, 1.165) is 24.2 Å². The molecule has 20 heavy (non-hydrogen) atoms. The van der Waals surface area contributed by atoms with Crippen molar-refractivity contribution in [1.29, 1.82) is 0 Å². The van der Waals surface area contributed by atoms with Crippen molar-refractivity contribution in [2.45, 2.75) is 19.4 Å². The highest BCUT2D eigenvalue weighted by Gasteiger charge is 2.03. The van der Waals surface area contributed by atoms with E-state index in [4.69, 9.17) is 5.11 Å². The van der Waals surface area contributed by atoms with E-state index in [1.807, 2.05) is 0 Å². The quantitative estimate of drug-likeness (QED) is 0.643. The van der Waals surface area contributed by atoms with Crippen LogP contribution < -0.4 is 10.6 Å². The topological polar surface area (TPSA) is 78.4 Å². The minimum atomic E-state index is -0.951. The number of hydrogen-bond donors (Lipinski definition) is 3. The highest BCUT2D eigenvalue weighted by molar-refractivity contribution is 7.98. The molecule has 0 heterocycles. The molecule has 6 heteroatoms. The molecule has 5 nitrogen and oxygen atoms in total. The van der Waals surface area contributed by atoms with Gasteiger partial charge in [0.2, 0.25) is 0 Å². The fraction of sp³-hybridized carbons (Fsp3) is 0.429. The van der Waals surface area contributed by atoms with Crippen LogP contribution in [-0.2, 0) is 6.54 Å². The Labute approximate surface area is 123 Å². The highest BCUT2D eigenvalue weighted by Crippen LogP contribution is 2.04. The summed E-state index contributed by atoms with van der Waals surface area (Å²) in [7, 11) is 0. The molecule has 0 aromatic heterocycles. The molecular formula is C14H20N2O3S. The Kier molecular flexibility index (Phi) is 7.57. The van der Waals surface area contributed by atoms with E-state index in [1.54, 1.807) is 23.9 Å². The average molecular weight is 296 g/mol. The number of carboxylic acids is 1. The average Bonchev–Trinajstić information content (AvgIpc) is 2.45. The number of amides is 2. The third-order valence-corrected chi connectivity index (χ3v) is 3.41. The van der Waals surface area contributed by atoms with Crippen LogP contribution in [0.3, 0.4) is 0 Å². The molecule has 0 radical (unpaired) electrons. The van der Waals surface area contributed by atoms with Gasteiger partial charge in [-0.2, -0.15) is 11.8 Å². The largest absolute Gasteiger partial charge is 0.478 e. The van der Waals surface area contributed by atoms with Gasteiger partial charge >= 0.3 is 12.0 Å². The summed E-state index contributed by atoms with van der Waals surface area (Å²) in [6.07, 6.45) is 4.13. The van der Waals surface area contributed by atoms with Crippen LogP contribution in [0.4, 0.5) is 4.79 Å². The van der Waals surface area contributed by atoms with Crippen molar-refractivity contribution >= 4 is 23.8 Å². The standard InChI is InChI=1S/C14H20N2O3S/c1-20-9-3-2-8-15-14(19)16-10-11-4-6-12(7-5-11)13(17)18/h4-7H,2-3,8-10H2,1H3,(H,17,18)(H2,15,16,19). The van der Waals surface area contributed by atoms with E-state index in [-0.39, 0.29) is 11.6 Å². The van der Waals surface area contributed by atoms with Gasteiger partial charge in [0.05, 0.1) is 5.56 Å². The minimum absolute atomic E-state index is 0.198. The number of carbonyl (C=O) groups is 2. The number of urea groups is 1. The lowest BCUT2D eigenvalue weighted by molar-refractivity contribution is 0.0697. The summed E-state index contributed by atoms with van der Waals surface area (Å²) in [4.78, 5) is 22.2. The van der Waals surface area contributed by atoms with E-state index in [2.05, 4.69) is 16.9 Å². The lowest BCUT2D eigenvalue weighted by atomic mass is 10.1. The molecule has 0 spiro atoms. The van der Waals surface area contributed by atoms with E-state index in [9.17, 15) is 9.59 Å². The van der Waals surface area contributed by atoms with Gasteiger partial charge in [0, 0.05) is 13.1 Å². The van der Waals surface area contributed by atoms with Gasteiger partial charge in [-0.1, -0.05) is 12.1 Å². The lowest BCUT2D eigenvalue weighted by Gasteiger charge is -2.07. The first kappa shape index (κ1) is 16.4. The zero-order chi connectivity index (χ0) is 14.8. The second-order valence-electron chi connectivity index (χ2n) is 4.31. The zero-order valence-corrected chi connectivity index (χ0v) is 12.3. The Bertz CT molecular complexity index is 435. The summed E-state index contributed by atoms with van der Waals surface area (Å²) in [5, 5.41) is 14.3. The Hall–Kier alpha value is -1.69. The van der Waals surface area contributed by atoms with Gasteiger partial charge in [0.25, 0.3) is 0 Å². The SMILES string of the molecule is CSCCCCNC(=O)NCc1ccc(C(=O)O)cc1. The molecule has 2 amide bonds. The molecular weight excluding hydrogens is 276 g/mol. The number of unbranched alkanes of at least 4 members (excludes halogenated alkanes) is 1. The van der Waals surface area contributed by atoms with Gasteiger partial charge < -0.3 is 15.7 Å². The van der Waals surface area contributed by atoms with Crippen molar-refractivity contribution in [3.8, 4) is 0 Å². The maximum atomic E-state index is 11.5. The predicted octanol–water partition coefficient (Wildman–Crippen LogP) is 2.33.